The molecule has 1 fully saturated rings. The first-order valence-corrected chi connectivity index (χ1v) is 7.86. The van der Waals surface area contributed by atoms with Crippen molar-refractivity contribution in [1.29, 1.82) is 0 Å². The van der Waals surface area contributed by atoms with E-state index in [2.05, 4.69) is 23.6 Å². The number of ether oxygens (including phenoxy) is 1. The van der Waals surface area contributed by atoms with E-state index in [4.69, 9.17) is 4.74 Å². The molecular formula is C17H26N2O2. The molecule has 1 aliphatic carbocycles. The standard InChI is InChI=1S/C17H26N2O2/c1-3-13-6-4-7-14(10-13)18-15-8-5-9-16(11-15)19-17(20)12-21-2/h5,8-9,11,13-14,18H,3-4,6-7,10,12H2,1-2H3,(H,19,20). The van der Waals surface area contributed by atoms with E-state index in [1.165, 1.54) is 39.2 Å². The van der Waals surface area contributed by atoms with Gasteiger partial charge < -0.3 is 15.4 Å². The summed E-state index contributed by atoms with van der Waals surface area (Å²) in [4.78, 5) is 11.5. The molecule has 0 bridgehead atoms. The van der Waals surface area contributed by atoms with Gasteiger partial charge in [0.15, 0.2) is 0 Å². The number of carbonyl (C=O) groups excluding carboxylic acids is 1. The summed E-state index contributed by atoms with van der Waals surface area (Å²) >= 11 is 0. The number of benzene rings is 1. The van der Waals surface area contributed by atoms with Gasteiger partial charge in [-0.1, -0.05) is 32.3 Å². The number of rotatable bonds is 6. The van der Waals surface area contributed by atoms with E-state index in [-0.39, 0.29) is 12.5 Å². The zero-order chi connectivity index (χ0) is 15.1. The maximum Gasteiger partial charge on any atom is 0.250 e. The summed E-state index contributed by atoms with van der Waals surface area (Å²) in [5.41, 5.74) is 1.89. The second-order valence-electron chi connectivity index (χ2n) is 5.84. The highest BCUT2D eigenvalue weighted by atomic mass is 16.5. The minimum atomic E-state index is -0.127. The molecule has 0 radical (unpaired) electrons. The quantitative estimate of drug-likeness (QED) is 0.840. The van der Waals surface area contributed by atoms with E-state index in [0.717, 1.165) is 17.3 Å². The van der Waals surface area contributed by atoms with Crippen LogP contribution in [-0.2, 0) is 9.53 Å². The number of amides is 1. The Hall–Kier alpha value is -1.55. The first-order chi connectivity index (χ1) is 10.2. The van der Waals surface area contributed by atoms with Gasteiger partial charge in [0.2, 0.25) is 5.91 Å². The lowest BCUT2D eigenvalue weighted by Crippen LogP contribution is -2.27. The zero-order valence-corrected chi connectivity index (χ0v) is 13.0. The average molecular weight is 290 g/mol. The highest BCUT2D eigenvalue weighted by molar-refractivity contribution is 5.92. The Labute approximate surface area is 127 Å². The normalized spacial score (nSPS) is 21.8. The van der Waals surface area contributed by atoms with Crippen molar-refractivity contribution in [2.24, 2.45) is 5.92 Å². The van der Waals surface area contributed by atoms with Gasteiger partial charge in [-0.15, -0.1) is 0 Å². The van der Waals surface area contributed by atoms with Crippen LogP contribution >= 0.6 is 0 Å². The van der Waals surface area contributed by atoms with Crippen LogP contribution in [0.4, 0.5) is 11.4 Å². The Kier molecular flexibility index (Phi) is 6.05. The predicted molar refractivity (Wildman–Crippen MR) is 86.6 cm³/mol. The molecule has 1 aliphatic rings. The van der Waals surface area contributed by atoms with Crippen molar-refractivity contribution in [2.75, 3.05) is 24.4 Å². The summed E-state index contributed by atoms with van der Waals surface area (Å²) in [6.07, 6.45) is 6.42. The molecule has 1 aromatic rings. The number of hydrogen-bond acceptors (Lipinski definition) is 3. The molecule has 1 aromatic carbocycles. The van der Waals surface area contributed by atoms with Crippen molar-refractivity contribution in [2.45, 2.75) is 45.1 Å². The molecule has 4 heteroatoms. The number of hydrogen-bond donors (Lipinski definition) is 2. The number of methoxy groups -OCH3 is 1. The zero-order valence-electron chi connectivity index (χ0n) is 13.0. The highest BCUT2D eigenvalue weighted by Gasteiger charge is 2.20. The first kappa shape index (κ1) is 15.8. The van der Waals surface area contributed by atoms with Crippen molar-refractivity contribution < 1.29 is 9.53 Å². The Balaban J connectivity index is 1.92. The molecule has 1 amide bonds. The Bertz CT molecular complexity index is 462. The third kappa shape index (κ3) is 5.05. The fourth-order valence-electron chi connectivity index (χ4n) is 3.04. The van der Waals surface area contributed by atoms with Gasteiger partial charge in [-0.2, -0.15) is 0 Å². The smallest absolute Gasteiger partial charge is 0.250 e. The van der Waals surface area contributed by atoms with Crippen molar-refractivity contribution in [3.05, 3.63) is 24.3 Å². The van der Waals surface area contributed by atoms with Crippen LogP contribution in [0.15, 0.2) is 24.3 Å². The lowest BCUT2D eigenvalue weighted by atomic mass is 9.84. The third-order valence-electron chi connectivity index (χ3n) is 4.15. The molecule has 2 atom stereocenters. The first-order valence-electron chi connectivity index (χ1n) is 7.86. The molecule has 116 valence electrons. The molecule has 4 nitrogen and oxygen atoms in total. The van der Waals surface area contributed by atoms with E-state index in [1.54, 1.807) is 0 Å². The van der Waals surface area contributed by atoms with Gasteiger partial charge in [-0.3, -0.25) is 4.79 Å². The molecule has 0 spiro atoms. The predicted octanol–water partition coefficient (Wildman–Crippen LogP) is 3.65. The topological polar surface area (TPSA) is 50.4 Å². The summed E-state index contributed by atoms with van der Waals surface area (Å²) in [5.74, 6) is 0.721. The van der Waals surface area contributed by atoms with Crippen LogP contribution in [0, 0.1) is 5.92 Å². The summed E-state index contributed by atoms with van der Waals surface area (Å²) in [7, 11) is 1.52. The fraction of sp³-hybridized carbons (Fsp3) is 0.588. The van der Waals surface area contributed by atoms with Gasteiger partial charge >= 0.3 is 0 Å². The molecule has 21 heavy (non-hydrogen) atoms. The monoisotopic (exact) mass is 290 g/mol. The van der Waals surface area contributed by atoms with Crippen LogP contribution in [-0.4, -0.2) is 25.7 Å². The lowest BCUT2D eigenvalue weighted by molar-refractivity contribution is -0.119. The molecule has 0 aliphatic heterocycles. The van der Waals surface area contributed by atoms with Crippen LogP contribution < -0.4 is 10.6 Å². The Morgan fingerprint density at radius 2 is 2.14 bits per heavy atom. The van der Waals surface area contributed by atoms with E-state index in [9.17, 15) is 4.79 Å². The van der Waals surface area contributed by atoms with Gasteiger partial charge in [0.1, 0.15) is 6.61 Å². The lowest BCUT2D eigenvalue weighted by Gasteiger charge is -2.30. The van der Waals surface area contributed by atoms with E-state index >= 15 is 0 Å². The molecule has 0 saturated heterocycles. The van der Waals surface area contributed by atoms with Crippen LogP contribution in [0.3, 0.4) is 0 Å². The van der Waals surface area contributed by atoms with Crippen molar-refractivity contribution in [3.8, 4) is 0 Å². The van der Waals surface area contributed by atoms with Crippen molar-refractivity contribution >= 4 is 17.3 Å². The largest absolute Gasteiger partial charge is 0.382 e. The maximum absolute atomic E-state index is 11.5. The van der Waals surface area contributed by atoms with Crippen LogP contribution in [0.5, 0.6) is 0 Å². The summed E-state index contributed by atoms with van der Waals surface area (Å²) < 4.78 is 4.82. The number of carbonyl (C=O) groups is 1. The molecule has 2 unspecified atom stereocenters. The third-order valence-corrected chi connectivity index (χ3v) is 4.15. The maximum atomic E-state index is 11.5. The van der Waals surface area contributed by atoms with Crippen LogP contribution in [0.1, 0.15) is 39.0 Å². The Morgan fingerprint density at radius 3 is 2.90 bits per heavy atom. The average Bonchev–Trinajstić information content (AvgIpc) is 2.48. The summed E-state index contributed by atoms with van der Waals surface area (Å²) in [5, 5.41) is 6.44. The summed E-state index contributed by atoms with van der Waals surface area (Å²) in [6.45, 7) is 2.36. The second-order valence-corrected chi connectivity index (χ2v) is 5.84. The molecular weight excluding hydrogens is 264 g/mol. The molecule has 2 N–H and O–H groups in total. The van der Waals surface area contributed by atoms with Crippen LogP contribution in [0.25, 0.3) is 0 Å². The minimum absolute atomic E-state index is 0.0818. The molecule has 0 aromatic heterocycles. The van der Waals surface area contributed by atoms with E-state index < -0.39 is 0 Å². The Morgan fingerprint density at radius 1 is 1.33 bits per heavy atom. The van der Waals surface area contributed by atoms with Gasteiger partial charge in [-0.25, -0.2) is 0 Å². The van der Waals surface area contributed by atoms with Gasteiger partial charge in [0.05, 0.1) is 0 Å². The van der Waals surface area contributed by atoms with Crippen molar-refractivity contribution in [3.63, 3.8) is 0 Å². The number of nitrogens with one attached hydrogen (secondary N) is 2. The number of anilines is 2. The fourth-order valence-corrected chi connectivity index (χ4v) is 3.04. The molecule has 0 heterocycles. The highest BCUT2D eigenvalue weighted by Crippen LogP contribution is 2.29. The van der Waals surface area contributed by atoms with E-state index in [0.29, 0.717) is 6.04 Å². The molecule has 2 rings (SSSR count). The van der Waals surface area contributed by atoms with E-state index in [1.807, 2.05) is 18.2 Å². The van der Waals surface area contributed by atoms with Gasteiger partial charge in [-0.05, 0) is 37.0 Å². The van der Waals surface area contributed by atoms with Gasteiger partial charge in [0, 0.05) is 24.5 Å². The summed E-state index contributed by atoms with van der Waals surface area (Å²) in [6, 6.07) is 8.46. The second kappa shape index (κ2) is 8.03. The molecule has 1 saturated carbocycles. The SMILES string of the molecule is CCC1CCCC(Nc2cccc(NC(=O)COC)c2)C1. The van der Waals surface area contributed by atoms with Crippen LogP contribution in [0.2, 0.25) is 0 Å². The van der Waals surface area contributed by atoms with Gasteiger partial charge in [0.25, 0.3) is 0 Å². The van der Waals surface area contributed by atoms with Crippen molar-refractivity contribution in [1.82, 2.24) is 0 Å². The minimum Gasteiger partial charge on any atom is -0.382 e.